The fourth-order valence-electron chi connectivity index (χ4n) is 2.98. The highest BCUT2D eigenvalue weighted by molar-refractivity contribution is 5.90. The highest BCUT2D eigenvalue weighted by Gasteiger charge is 2.08. The lowest BCUT2D eigenvalue weighted by Crippen LogP contribution is -2.27. The van der Waals surface area contributed by atoms with Gasteiger partial charge in [-0.1, -0.05) is 72.8 Å². The number of ether oxygens (including phenoxy) is 1. The molecule has 0 aliphatic rings. The van der Waals surface area contributed by atoms with Gasteiger partial charge >= 0.3 is 0 Å². The molecule has 0 bridgehead atoms. The maximum absolute atomic E-state index is 12.3. The Morgan fingerprint density at radius 3 is 2.03 bits per heavy atom. The van der Waals surface area contributed by atoms with Crippen molar-refractivity contribution in [2.75, 3.05) is 6.61 Å². The molecule has 0 saturated carbocycles. The summed E-state index contributed by atoms with van der Waals surface area (Å²) in [5.41, 5.74) is 7.95. The van der Waals surface area contributed by atoms with Crippen molar-refractivity contribution in [1.82, 2.24) is 5.43 Å². The molecule has 0 spiro atoms. The summed E-state index contributed by atoms with van der Waals surface area (Å²) in [6, 6.07) is 26.2. The third-order valence-corrected chi connectivity index (χ3v) is 4.54. The molecular weight excluding hydrogens is 360 g/mol. The fourth-order valence-corrected chi connectivity index (χ4v) is 2.98. The Bertz CT molecular complexity index is 923. The maximum Gasteiger partial charge on any atom is 0.277 e. The zero-order chi connectivity index (χ0) is 20.5. The topological polar surface area (TPSA) is 50.7 Å². The van der Waals surface area contributed by atoms with Crippen LogP contribution >= 0.6 is 0 Å². The summed E-state index contributed by atoms with van der Waals surface area (Å²) in [5.74, 6) is 0.447. The van der Waals surface area contributed by atoms with Gasteiger partial charge in [-0.05, 0) is 42.2 Å². The lowest BCUT2D eigenvalue weighted by molar-refractivity contribution is -0.123. The molecule has 0 aliphatic heterocycles. The van der Waals surface area contributed by atoms with E-state index in [0.717, 1.165) is 33.7 Å². The van der Waals surface area contributed by atoms with Crippen LogP contribution in [0.15, 0.2) is 84.0 Å². The van der Waals surface area contributed by atoms with Crippen molar-refractivity contribution in [1.29, 1.82) is 0 Å². The van der Waals surface area contributed by atoms with Crippen LogP contribution in [0.5, 0.6) is 5.75 Å². The molecule has 29 heavy (non-hydrogen) atoms. The number of hydrogen-bond donors (Lipinski definition) is 1. The van der Waals surface area contributed by atoms with Crippen molar-refractivity contribution in [2.24, 2.45) is 5.10 Å². The van der Waals surface area contributed by atoms with Gasteiger partial charge in [0.05, 0.1) is 0 Å². The molecule has 0 aromatic heterocycles. The van der Waals surface area contributed by atoms with Gasteiger partial charge in [0, 0.05) is 18.6 Å². The summed E-state index contributed by atoms with van der Waals surface area (Å²) in [6.45, 7) is 3.89. The van der Waals surface area contributed by atoms with Crippen molar-refractivity contribution in [2.45, 2.75) is 26.7 Å². The first kappa shape index (κ1) is 20.3. The van der Waals surface area contributed by atoms with E-state index in [1.807, 2.05) is 68.4 Å². The van der Waals surface area contributed by atoms with Gasteiger partial charge in [-0.3, -0.25) is 4.79 Å². The Morgan fingerprint density at radius 1 is 0.862 bits per heavy atom. The zero-order valence-corrected chi connectivity index (χ0v) is 16.9. The molecule has 3 aromatic rings. The van der Waals surface area contributed by atoms with Crippen LogP contribution in [0.1, 0.15) is 22.3 Å². The van der Waals surface area contributed by atoms with E-state index in [1.165, 1.54) is 0 Å². The molecule has 3 rings (SSSR count). The molecule has 0 fully saturated rings. The number of carbonyl (C=O) groups excluding carboxylic acids is 1. The fraction of sp³-hybridized carbons (Fsp3) is 0.200. The molecule has 1 amide bonds. The van der Waals surface area contributed by atoms with Crippen LogP contribution in [-0.4, -0.2) is 18.2 Å². The van der Waals surface area contributed by atoms with E-state index in [0.29, 0.717) is 12.8 Å². The third-order valence-electron chi connectivity index (χ3n) is 4.54. The molecule has 0 saturated heterocycles. The summed E-state index contributed by atoms with van der Waals surface area (Å²) in [4.78, 5) is 12.3. The monoisotopic (exact) mass is 386 g/mol. The van der Waals surface area contributed by atoms with Gasteiger partial charge in [0.2, 0.25) is 0 Å². The van der Waals surface area contributed by atoms with Gasteiger partial charge in [-0.2, -0.15) is 5.10 Å². The lowest BCUT2D eigenvalue weighted by Gasteiger charge is -2.10. The number of amides is 1. The molecule has 0 unspecified atom stereocenters. The van der Waals surface area contributed by atoms with E-state index in [1.54, 1.807) is 0 Å². The van der Waals surface area contributed by atoms with E-state index in [4.69, 9.17) is 4.74 Å². The Hall–Kier alpha value is -3.40. The molecule has 4 heteroatoms. The predicted molar refractivity (Wildman–Crippen MR) is 117 cm³/mol. The third kappa shape index (κ3) is 6.61. The average molecular weight is 386 g/mol. The standard InChI is InChI=1S/C25H26N2O2/c1-19-13-14-20(2)24(15-19)29-18-25(28)27-26-23(16-21-9-5-3-6-10-21)17-22-11-7-4-8-12-22/h3-15H,16-18H2,1-2H3,(H,27,28). The van der Waals surface area contributed by atoms with E-state index in [-0.39, 0.29) is 12.5 Å². The quantitative estimate of drug-likeness (QED) is 0.453. The minimum Gasteiger partial charge on any atom is -0.483 e. The van der Waals surface area contributed by atoms with Crippen LogP contribution < -0.4 is 10.2 Å². The first-order valence-corrected chi connectivity index (χ1v) is 9.72. The van der Waals surface area contributed by atoms with Crippen LogP contribution in [0.3, 0.4) is 0 Å². The van der Waals surface area contributed by atoms with Crippen LogP contribution in [0, 0.1) is 13.8 Å². The Balaban J connectivity index is 1.64. The van der Waals surface area contributed by atoms with Gasteiger partial charge in [-0.25, -0.2) is 5.43 Å². The van der Waals surface area contributed by atoms with Crippen molar-refractivity contribution < 1.29 is 9.53 Å². The van der Waals surface area contributed by atoms with Crippen molar-refractivity contribution in [3.63, 3.8) is 0 Å². The van der Waals surface area contributed by atoms with E-state index in [2.05, 4.69) is 34.8 Å². The van der Waals surface area contributed by atoms with Gasteiger partial charge in [0.1, 0.15) is 5.75 Å². The minimum absolute atomic E-state index is 0.0717. The molecule has 1 N–H and O–H groups in total. The van der Waals surface area contributed by atoms with Crippen LogP contribution in [0.2, 0.25) is 0 Å². The van der Waals surface area contributed by atoms with Gasteiger partial charge in [-0.15, -0.1) is 0 Å². The first-order chi connectivity index (χ1) is 14.1. The minimum atomic E-state index is -0.274. The molecular formula is C25H26N2O2. The van der Waals surface area contributed by atoms with Gasteiger partial charge < -0.3 is 4.74 Å². The van der Waals surface area contributed by atoms with Crippen molar-refractivity contribution in [3.05, 3.63) is 101 Å². The van der Waals surface area contributed by atoms with E-state index < -0.39 is 0 Å². The highest BCUT2D eigenvalue weighted by atomic mass is 16.5. The summed E-state index contributed by atoms with van der Waals surface area (Å²) in [6.07, 6.45) is 1.35. The van der Waals surface area contributed by atoms with Crippen molar-refractivity contribution in [3.8, 4) is 5.75 Å². The summed E-state index contributed by atoms with van der Waals surface area (Å²) >= 11 is 0. The van der Waals surface area contributed by atoms with Gasteiger partial charge in [0.25, 0.3) is 5.91 Å². The lowest BCUT2D eigenvalue weighted by atomic mass is 10.0. The number of nitrogens with zero attached hydrogens (tertiary/aromatic N) is 1. The Labute approximate surface area is 172 Å². The van der Waals surface area contributed by atoms with E-state index in [9.17, 15) is 4.79 Å². The summed E-state index contributed by atoms with van der Waals surface area (Å²) in [7, 11) is 0. The SMILES string of the molecule is Cc1ccc(C)c(OCC(=O)NN=C(Cc2ccccc2)Cc2ccccc2)c1. The predicted octanol–water partition coefficient (Wildman–Crippen LogP) is 4.64. The molecule has 148 valence electrons. The largest absolute Gasteiger partial charge is 0.483 e. The number of hydrogen-bond acceptors (Lipinski definition) is 3. The first-order valence-electron chi connectivity index (χ1n) is 9.72. The van der Waals surface area contributed by atoms with Crippen LogP contribution in [0.25, 0.3) is 0 Å². The number of rotatable bonds is 8. The Kier molecular flexibility index (Phi) is 7.17. The number of benzene rings is 3. The number of hydrazone groups is 1. The maximum atomic E-state index is 12.3. The molecule has 0 atom stereocenters. The summed E-state index contributed by atoms with van der Waals surface area (Å²) < 4.78 is 5.67. The van der Waals surface area contributed by atoms with Crippen LogP contribution in [-0.2, 0) is 17.6 Å². The normalized spacial score (nSPS) is 10.3. The molecule has 0 heterocycles. The average Bonchev–Trinajstić information content (AvgIpc) is 2.74. The molecule has 3 aromatic carbocycles. The molecule has 4 nitrogen and oxygen atoms in total. The van der Waals surface area contributed by atoms with E-state index >= 15 is 0 Å². The second-order valence-corrected chi connectivity index (χ2v) is 7.10. The zero-order valence-electron chi connectivity index (χ0n) is 16.9. The smallest absolute Gasteiger partial charge is 0.277 e. The Morgan fingerprint density at radius 2 is 1.45 bits per heavy atom. The molecule has 0 aliphatic carbocycles. The van der Waals surface area contributed by atoms with Crippen LogP contribution in [0.4, 0.5) is 0 Å². The number of nitrogens with one attached hydrogen (secondary N) is 1. The second-order valence-electron chi connectivity index (χ2n) is 7.10. The van der Waals surface area contributed by atoms with Gasteiger partial charge in [0.15, 0.2) is 6.61 Å². The second kappa shape index (κ2) is 10.2. The van der Waals surface area contributed by atoms with Crippen molar-refractivity contribution >= 4 is 11.6 Å². The highest BCUT2D eigenvalue weighted by Crippen LogP contribution is 2.18. The number of aryl methyl sites for hydroxylation is 2. The summed E-state index contributed by atoms with van der Waals surface area (Å²) in [5, 5.41) is 4.40. The molecule has 0 radical (unpaired) electrons. The number of carbonyl (C=O) groups is 1.